The van der Waals surface area contributed by atoms with Gasteiger partial charge in [-0.1, -0.05) is 0 Å². The molecule has 0 aliphatic rings. The van der Waals surface area contributed by atoms with Gasteiger partial charge in [-0.2, -0.15) is 18.4 Å². The molecule has 0 unspecified atom stereocenters. The van der Waals surface area contributed by atoms with Gasteiger partial charge in [0.1, 0.15) is 5.82 Å². The van der Waals surface area contributed by atoms with E-state index in [1.165, 1.54) is 6.07 Å². The van der Waals surface area contributed by atoms with Crippen LogP contribution in [0.2, 0.25) is 0 Å². The average molecular weight is 268 g/mol. The fraction of sp³-hybridized carbons (Fsp3) is 0.125. The average Bonchev–Trinajstić information content (AvgIpc) is 2.07. The molecule has 1 aromatic rings. The molecule has 0 amide bonds. The first-order chi connectivity index (χ1) is 6.36. The van der Waals surface area contributed by atoms with E-state index in [2.05, 4.69) is 15.9 Å². The van der Waals surface area contributed by atoms with E-state index in [1.54, 1.807) is 0 Å². The minimum absolute atomic E-state index is 0.165. The lowest BCUT2D eigenvalue weighted by Crippen LogP contribution is -2.08. The Labute approximate surface area is 85.1 Å². The topological polar surface area (TPSA) is 23.8 Å². The summed E-state index contributed by atoms with van der Waals surface area (Å²) in [5.41, 5.74) is -1.87. The van der Waals surface area contributed by atoms with E-state index in [4.69, 9.17) is 5.26 Å². The Bertz CT molecular complexity index is 405. The number of hydrogen-bond donors (Lipinski definition) is 0. The smallest absolute Gasteiger partial charge is 0.206 e. The second kappa shape index (κ2) is 3.58. The van der Waals surface area contributed by atoms with Crippen LogP contribution in [0.15, 0.2) is 16.6 Å². The van der Waals surface area contributed by atoms with E-state index in [0.29, 0.717) is 6.07 Å². The molecule has 0 saturated heterocycles. The second-order valence-corrected chi connectivity index (χ2v) is 3.28. The normalized spacial score (nSPS) is 11.1. The molecular weight excluding hydrogens is 266 g/mol. The molecule has 6 heteroatoms. The van der Waals surface area contributed by atoms with Gasteiger partial charge in [0, 0.05) is 0 Å². The third-order valence-corrected chi connectivity index (χ3v) is 2.09. The molecule has 1 nitrogen and oxygen atoms in total. The van der Waals surface area contributed by atoms with Crippen molar-refractivity contribution in [2.75, 3.05) is 0 Å². The summed E-state index contributed by atoms with van der Waals surface area (Å²) < 4.78 is 49.2. The molecule has 1 aromatic carbocycles. The van der Waals surface area contributed by atoms with Gasteiger partial charge in [-0.25, -0.2) is 4.39 Å². The van der Waals surface area contributed by atoms with Gasteiger partial charge in [0.2, 0.25) is 0 Å². The molecular formula is C8H2BrF4N. The zero-order valence-electron chi connectivity index (χ0n) is 6.49. The molecule has 0 saturated carbocycles. The van der Waals surface area contributed by atoms with Gasteiger partial charge in [-0.15, -0.1) is 0 Å². The molecule has 0 aliphatic carbocycles. The van der Waals surface area contributed by atoms with Crippen molar-refractivity contribution in [2.24, 2.45) is 0 Å². The Morgan fingerprint density at radius 1 is 1.29 bits per heavy atom. The monoisotopic (exact) mass is 267 g/mol. The number of benzene rings is 1. The van der Waals surface area contributed by atoms with Crippen molar-refractivity contribution < 1.29 is 17.6 Å². The zero-order chi connectivity index (χ0) is 10.9. The first kappa shape index (κ1) is 11.0. The molecule has 0 atom stereocenters. The summed E-state index contributed by atoms with van der Waals surface area (Å²) >= 11 is 2.69. The lowest BCUT2D eigenvalue weighted by Gasteiger charge is -2.08. The molecule has 0 heterocycles. The van der Waals surface area contributed by atoms with E-state index >= 15 is 0 Å². The van der Waals surface area contributed by atoms with Crippen molar-refractivity contribution in [1.29, 1.82) is 5.26 Å². The quantitative estimate of drug-likeness (QED) is 0.661. The van der Waals surface area contributed by atoms with Crippen LogP contribution in [-0.4, -0.2) is 0 Å². The van der Waals surface area contributed by atoms with Gasteiger partial charge >= 0.3 is 6.18 Å². The van der Waals surface area contributed by atoms with E-state index in [1.807, 2.05) is 0 Å². The van der Waals surface area contributed by atoms with Crippen molar-refractivity contribution in [3.8, 4) is 6.07 Å². The second-order valence-electron chi connectivity index (χ2n) is 2.42. The van der Waals surface area contributed by atoms with Crippen LogP contribution in [0.25, 0.3) is 0 Å². The molecule has 74 valence electrons. The molecule has 0 radical (unpaired) electrons. The van der Waals surface area contributed by atoms with Crippen molar-refractivity contribution in [2.45, 2.75) is 6.18 Å². The Balaban J connectivity index is 3.45. The highest BCUT2D eigenvalue weighted by Crippen LogP contribution is 2.34. The van der Waals surface area contributed by atoms with E-state index < -0.39 is 23.1 Å². The zero-order valence-corrected chi connectivity index (χ0v) is 8.08. The van der Waals surface area contributed by atoms with Gasteiger partial charge in [-0.05, 0) is 28.1 Å². The summed E-state index contributed by atoms with van der Waals surface area (Å²) in [7, 11) is 0. The maximum absolute atomic E-state index is 12.8. The van der Waals surface area contributed by atoms with E-state index in [-0.39, 0.29) is 4.47 Å². The van der Waals surface area contributed by atoms with Crippen LogP contribution in [0, 0.1) is 17.1 Å². The van der Waals surface area contributed by atoms with Crippen molar-refractivity contribution in [3.05, 3.63) is 33.5 Å². The number of halogens is 5. The number of hydrogen-bond acceptors (Lipinski definition) is 1. The van der Waals surface area contributed by atoms with Crippen LogP contribution in [0.3, 0.4) is 0 Å². The molecule has 0 spiro atoms. The summed E-state index contributed by atoms with van der Waals surface area (Å²) in [6.07, 6.45) is -4.72. The van der Waals surface area contributed by atoms with Crippen LogP contribution >= 0.6 is 15.9 Å². The summed E-state index contributed by atoms with van der Waals surface area (Å²) in [6, 6.07) is 2.45. The molecule has 0 fully saturated rings. The first-order valence-corrected chi connectivity index (χ1v) is 4.12. The van der Waals surface area contributed by atoms with Gasteiger partial charge in [-0.3, -0.25) is 0 Å². The number of nitrogens with zero attached hydrogens (tertiary/aromatic N) is 1. The standard InChI is InChI=1S/C8H2BrF4N/c9-6-1-4(3-14)5(2-7(6)10)8(11,12)13/h1-2H. The van der Waals surface area contributed by atoms with Crippen LogP contribution in [0.5, 0.6) is 0 Å². The lowest BCUT2D eigenvalue weighted by molar-refractivity contribution is -0.138. The minimum atomic E-state index is -4.72. The number of nitriles is 1. The van der Waals surface area contributed by atoms with Gasteiger partial charge in [0.25, 0.3) is 0 Å². The van der Waals surface area contributed by atoms with Crippen LogP contribution in [0.1, 0.15) is 11.1 Å². The van der Waals surface area contributed by atoms with Crippen molar-refractivity contribution >= 4 is 15.9 Å². The number of alkyl halides is 3. The highest BCUT2D eigenvalue weighted by molar-refractivity contribution is 9.10. The highest BCUT2D eigenvalue weighted by atomic mass is 79.9. The predicted octanol–water partition coefficient (Wildman–Crippen LogP) is 3.48. The van der Waals surface area contributed by atoms with Gasteiger partial charge in [0.15, 0.2) is 0 Å². The summed E-state index contributed by atoms with van der Waals surface area (Å²) in [4.78, 5) is 0. The Hall–Kier alpha value is -1.09. The van der Waals surface area contributed by atoms with Crippen LogP contribution in [0.4, 0.5) is 17.6 Å². The summed E-state index contributed by atoms with van der Waals surface area (Å²) in [5.74, 6) is -1.05. The largest absolute Gasteiger partial charge is 0.417 e. The van der Waals surface area contributed by atoms with Crippen LogP contribution < -0.4 is 0 Å². The Morgan fingerprint density at radius 3 is 2.29 bits per heavy atom. The third kappa shape index (κ3) is 2.04. The van der Waals surface area contributed by atoms with Gasteiger partial charge < -0.3 is 0 Å². The van der Waals surface area contributed by atoms with Gasteiger partial charge in [0.05, 0.1) is 21.7 Å². The Morgan fingerprint density at radius 2 is 1.86 bits per heavy atom. The minimum Gasteiger partial charge on any atom is -0.206 e. The molecule has 0 N–H and O–H groups in total. The third-order valence-electron chi connectivity index (χ3n) is 1.49. The highest BCUT2D eigenvalue weighted by Gasteiger charge is 2.34. The molecule has 14 heavy (non-hydrogen) atoms. The maximum Gasteiger partial charge on any atom is 0.417 e. The first-order valence-electron chi connectivity index (χ1n) is 3.32. The van der Waals surface area contributed by atoms with E-state index in [0.717, 1.165) is 6.07 Å². The van der Waals surface area contributed by atoms with E-state index in [9.17, 15) is 17.6 Å². The molecule has 0 aliphatic heterocycles. The summed E-state index contributed by atoms with van der Waals surface area (Å²) in [6.45, 7) is 0. The Kier molecular flexibility index (Phi) is 2.81. The molecule has 0 aromatic heterocycles. The fourth-order valence-corrected chi connectivity index (χ4v) is 1.22. The van der Waals surface area contributed by atoms with Crippen LogP contribution in [-0.2, 0) is 6.18 Å². The lowest BCUT2D eigenvalue weighted by atomic mass is 10.1. The fourth-order valence-electron chi connectivity index (χ4n) is 0.874. The number of rotatable bonds is 0. The maximum atomic E-state index is 12.8. The predicted molar refractivity (Wildman–Crippen MR) is 43.8 cm³/mol. The molecule has 1 rings (SSSR count). The van der Waals surface area contributed by atoms with Crippen molar-refractivity contribution in [1.82, 2.24) is 0 Å². The summed E-state index contributed by atoms with van der Waals surface area (Å²) in [5, 5.41) is 8.40. The molecule has 0 bridgehead atoms. The van der Waals surface area contributed by atoms with Crippen molar-refractivity contribution in [3.63, 3.8) is 0 Å². The SMILES string of the molecule is N#Cc1cc(Br)c(F)cc1C(F)(F)F.